The van der Waals surface area contributed by atoms with E-state index in [1.807, 2.05) is 29.7 Å². The zero-order valence-electron chi connectivity index (χ0n) is 13.2. The number of hydroxylamine groups is 1. The first-order valence-electron chi connectivity index (χ1n) is 7.79. The fraction of sp³-hybridized carbons (Fsp3) is 0.471. The lowest BCUT2D eigenvalue weighted by molar-refractivity contribution is 0.234. The third kappa shape index (κ3) is 3.80. The van der Waals surface area contributed by atoms with Crippen LogP contribution in [0, 0.1) is 4.91 Å². The van der Waals surface area contributed by atoms with Crippen molar-refractivity contribution in [2.45, 2.75) is 52.0 Å². The van der Waals surface area contributed by atoms with Gasteiger partial charge in [0.05, 0.1) is 5.69 Å². The molecule has 1 unspecified atom stereocenters. The third-order valence-corrected chi connectivity index (χ3v) is 4.01. The van der Waals surface area contributed by atoms with Crippen LogP contribution in [-0.2, 0) is 0 Å². The predicted molar refractivity (Wildman–Crippen MR) is 89.4 cm³/mol. The van der Waals surface area contributed by atoms with Crippen molar-refractivity contribution in [2.75, 3.05) is 0 Å². The van der Waals surface area contributed by atoms with Crippen LogP contribution in [-0.4, -0.2) is 17.1 Å². The van der Waals surface area contributed by atoms with Gasteiger partial charge < -0.3 is 0 Å². The molecule has 5 heteroatoms. The monoisotopic (exact) mass is 301 g/mol. The standard InChI is InChI=1S/C17H23N3O2/c1-3-4-6-13-9-10-16(20-22)17(13)14-7-5-8-15(11-14)18-12(2)19-21/h5,7-8,11,16,21H,3-4,6,9-10H2,1-2H3,(H,18,19). The van der Waals surface area contributed by atoms with Crippen LogP contribution in [0.15, 0.2) is 40.0 Å². The van der Waals surface area contributed by atoms with Crippen molar-refractivity contribution in [1.82, 2.24) is 5.48 Å². The van der Waals surface area contributed by atoms with Crippen LogP contribution in [0.25, 0.3) is 5.57 Å². The van der Waals surface area contributed by atoms with Gasteiger partial charge in [-0.25, -0.2) is 4.99 Å². The molecule has 1 aliphatic carbocycles. The summed E-state index contributed by atoms with van der Waals surface area (Å²) in [6.45, 7) is 3.86. The van der Waals surface area contributed by atoms with Gasteiger partial charge in [-0.3, -0.25) is 10.7 Å². The van der Waals surface area contributed by atoms with E-state index >= 15 is 0 Å². The Morgan fingerprint density at radius 1 is 1.45 bits per heavy atom. The molecule has 1 aromatic rings. The number of allylic oxidation sites excluding steroid dienone is 1. The average Bonchev–Trinajstić information content (AvgIpc) is 2.95. The summed E-state index contributed by atoms with van der Waals surface area (Å²) >= 11 is 0. The van der Waals surface area contributed by atoms with Crippen LogP contribution in [0.3, 0.4) is 0 Å². The fourth-order valence-corrected chi connectivity index (χ4v) is 2.94. The van der Waals surface area contributed by atoms with Crippen molar-refractivity contribution in [3.8, 4) is 0 Å². The minimum absolute atomic E-state index is 0.247. The summed E-state index contributed by atoms with van der Waals surface area (Å²) in [6, 6.07) is 7.50. The number of hydrogen-bond donors (Lipinski definition) is 2. The van der Waals surface area contributed by atoms with Crippen molar-refractivity contribution in [1.29, 1.82) is 0 Å². The second-order valence-corrected chi connectivity index (χ2v) is 5.64. The van der Waals surface area contributed by atoms with E-state index in [1.165, 1.54) is 5.57 Å². The van der Waals surface area contributed by atoms with Crippen LogP contribution in [0.4, 0.5) is 5.69 Å². The summed E-state index contributed by atoms with van der Waals surface area (Å²) in [5.41, 5.74) is 6.22. The molecule has 5 nitrogen and oxygen atoms in total. The third-order valence-electron chi connectivity index (χ3n) is 4.01. The number of nitrogens with one attached hydrogen (secondary N) is 1. The van der Waals surface area contributed by atoms with Crippen LogP contribution < -0.4 is 5.48 Å². The summed E-state index contributed by atoms with van der Waals surface area (Å²) in [7, 11) is 0. The smallest absolute Gasteiger partial charge is 0.123 e. The predicted octanol–water partition coefficient (Wildman–Crippen LogP) is 4.59. The van der Waals surface area contributed by atoms with Crippen LogP contribution in [0.5, 0.6) is 0 Å². The maximum absolute atomic E-state index is 11.2. The number of aliphatic imine (C=N–C) groups is 1. The first kappa shape index (κ1) is 16.4. The largest absolute Gasteiger partial charge is 0.290 e. The zero-order chi connectivity index (χ0) is 15.9. The lowest BCUT2D eigenvalue weighted by atomic mass is 9.96. The van der Waals surface area contributed by atoms with Gasteiger partial charge >= 0.3 is 0 Å². The summed E-state index contributed by atoms with van der Waals surface area (Å²) < 4.78 is 0. The van der Waals surface area contributed by atoms with Crippen LogP contribution in [0.1, 0.15) is 51.5 Å². The minimum atomic E-state index is -0.247. The highest BCUT2D eigenvalue weighted by atomic mass is 16.5. The zero-order valence-corrected chi connectivity index (χ0v) is 13.2. The molecule has 0 radical (unpaired) electrons. The fourth-order valence-electron chi connectivity index (χ4n) is 2.94. The van der Waals surface area contributed by atoms with E-state index in [0.29, 0.717) is 5.84 Å². The molecule has 2 N–H and O–H groups in total. The second kappa shape index (κ2) is 7.84. The average molecular weight is 301 g/mol. The summed E-state index contributed by atoms with van der Waals surface area (Å²) in [6.07, 6.45) is 5.07. The van der Waals surface area contributed by atoms with E-state index in [-0.39, 0.29) is 6.04 Å². The highest BCUT2D eigenvalue weighted by Gasteiger charge is 2.27. The lowest BCUT2D eigenvalue weighted by Gasteiger charge is -2.11. The topological polar surface area (TPSA) is 74.1 Å². The van der Waals surface area contributed by atoms with Gasteiger partial charge in [0.2, 0.25) is 0 Å². The Balaban J connectivity index is 2.38. The Labute approximate surface area is 131 Å². The van der Waals surface area contributed by atoms with Crippen molar-refractivity contribution in [3.63, 3.8) is 0 Å². The van der Waals surface area contributed by atoms with E-state index in [0.717, 1.165) is 48.9 Å². The molecule has 0 amide bonds. The number of rotatable bonds is 6. The molecule has 118 valence electrons. The van der Waals surface area contributed by atoms with Crippen molar-refractivity contribution >= 4 is 17.1 Å². The summed E-state index contributed by atoms with van der Waals surface area (Å²) in [4.78, 5) is 15.4. The SMILES string of the molecule is CCCCC1=C(c2cccc(N=C(C)NO)c2)C(N=O)CC1. The van der Waals surface area contributed by atoms with E-state index in [9.17, 15) is 4.91 Å². The molecule has 1 aromatic carbocycles. The molecular weight excluding hydrogens is 278 g/mol. The second-order valence-electron chi connectivity index (χ2n) is 5.64. The maximum Gasteiger partial charge on any atom is 0.123 e. The van der Waals surface area contributed by atoms with Crippen molar-refractivity contribution in [2.24, 2.45) is 10.2 Å². The summed E-state index contributed by atoms with van der Waals surface area (Å²) in [5, 5.41) is 12.2. The number of nitroso groups, excluding NO2 is 1. The van der Waals surface area contributed by atoms with Crippen LogP contribution in [0.2, 0.25) is 0 Å². The molecule has 0 spiro atoms. The normalized spacial score (nSPS) is 18.7. The van der Waals surface area contributed by atoms with Gasteiger partial charge in [0.15, 0.2) is 0 Å². The molecule has 0 saturated carbocycles. The van der Waals surface area contributed by atoms with E-state index in [4.69, 9.17) is 5.21 Å². The first-order chi connectivity index (χ1) is 10.7. The van der Waals surface area contributed by atoms with Gasteiger partial charge in [-0.05, 0) is 55.9 Å². The molecule has 0 fully saturated rings. The quantitative estimate of drug-likeness (QED) is 0.349. The molecular formula is C17H23N3O2. The molecule has 1 aliphatic rings. The highest BCUT2D eigenvalue weighted by Crippen LogP contribution is 2.39. The van der Waals surface area contributed by atoms with Gasteiger partial charge in [0.1, 0.15) is 11.9 Å². The molecule has 2 rings (SSSR count). The van der Waals surface area contributed by atoms with Gasteiger partial charge in [-0.1, -0.05) is 36.2 Å². The van der Waals surface area contributed by atoms with E-state index in [1.54, 1.807) is 6.92 Å². The molecule has 22 heavy (non-hydrogen) atoms. The van der Waals surface area contributed by atoms with Gasteiger partial charge in [0, 0.05) is 0 Å². The van der Waals surface area contributed by atoms with Gasteiger partial charge in [0.25, 0.3) is 0 Å². The van der Waals surface area contributed by atoms with Gasteiger partial charge in [-0.2, -0.15) is 4.91 Å². The molecule has 0 bridgehead atoms. The highest BCUT2D eigenvalue weighted by molar-refractivity contribution is 5.82. The van der Waals surface area contributed by atoms with Crippen LogP contribution >= 0.6 is 0 Å². The van der Waals surface area contributed by atoms with Crippen molar-refractivity contribution < 1.29 is 5.21 Å². The number of nitrogens with zero attached hydrogens (tertiary/aromatic N) is 2. The summed E-state index contributed by atoms with van der Waals surface area (Å²) in [5.74, 6) is 0.425. The van der Waals surface area contributed by atoms with E-state index in [2.05, 4.69) is 17.1 Å². The van der Waals surface area contributed by atoms with E-state index < -0.39 is 0 Å². The number of benzene rings is 1. The molecule has 1 atom stereocenters. The van der Waals surface area contributed by atoms with Crippen molar-refractivity contribution in [3.05, 3.63) is 40.3 Å². The molecule has 0 saturated heterocycles. The Bertz CT molecular complexity index is 593. The Morgan fingerprint density at radius 2 is 2.27 bits per heavy atom. The minimum Gasteiger partial charge on any atom is -0.290 e. The van der Waals surface area contributed by atoms with Gasteiger partial charge in [-0.15, -0.1) is 0 Å². The number of unbranched alkanes of at least 4 members (excludes halogenated alkanes) is 1. The number of amidine groups is 1. The Morgan fingerprint density at radius 3 is 2.95 bits per heavy atom. The first-order valence-corrected chi connectivity index (χ1v) is 7.79. The maximum atomic E-state index is 11.2. The lowest BCUT2D eigenvalue weighted by Crippen LogP contribution is -2.13. The molecule has 0 aliphatic heterocycles. The Hall–Kier alpha value is -2.01. The molecule has 0 aromatic heterocycles. The number of hydrogen-bond acceptors (Lipinski definition) is 4. The Kier molecular flexibility index (Phi) is 5.83. The molecule has 0 heterocycles.